The number of aromatic nitrogens is 1. The molecule has 0 bridgehead atoms. The standard InChI is InChI=1S/C60H67N7O10S2/c1-37-26-41(32-62-5)66(33-37)57(69)47-29-53(72-6)54(31-50(47)64-59(70)76-35-40(4)78-79-55-20-12-13-21-63-55)74-24-15-7-14-23-73-52-30-49(61)46(28-39(52)3)56(68)67-34-38(2)27-51(67)58-65(22-25-75-58)60(71)77-36-48-44-18-10-8-16-42(44)43-17-9-11-19-45(43)48/h8-13,16-21,28-32,40-41,48,51,58H,1-2,7,14-15,22-27,33-36,61H2,3-6H3,(H,64,70)/t40?,41-,51-,58?/m0/s1. The number of methoxy groups -OCH3 is 1. The first-order valence-electron chi connectivity index (χ1n) is 26.5. The zero-order valence-electron chi connectivity index (χ0n) is 45.0. The molecule has 0 saturated carbocycles. The minimum absolute atomic E-state index is 0.0586. The Hall–Kier alpha value is -7.48. The van der Waals surface area contributed by atoms with E-state index in [1.807, 2.05) is 56.3 Å². The maximum atomic E-state index is 14.4. The number of nitrogen functional groups attached to an aromatic ring is 1. The van der Waals surface area contributed by atoms with Crippen molar-refractivity contribution in [3.8, 4) is 28.4 Å². The van der Waals surface area contributed by atoms with E-state index in [1.54, 1.807) is 58.4 Å². The predicted molar refractivity (Wildman–Crippen MR) is 309 cm³/mol. The largest absolute Gasteiger partial charge is 0.493 e. The smallest absolute Gasteiger partial charge is 0.412 e. The Bertz CT molecular complexity index is 3060. The van der Waals surface area contributed by atoms with Gasteiger partial charge in [0.15, 0.2) is 17.7 Å². The number of nitrogens with two attached hydrogens (primary N) is 1. The molecule has 19 heteroatoms. The van der Waals surface area contributed by atoms with Gasteiger partial charge >= 0.3 is 12.2 Å². The second-order valence-corrected chi connectivity index (χ2v) is 22.6. The number of pyridine rings is 1. The number of nitrogens with one attached hydrogen (secondary N) is 1. The van der Waals surface area contributed by atoms with Crippen molar-refractivity contribution in [3.63, 3.8) is 0 Å². The highest BCUT2D eigenvalue weighted by Gasteiger charge is 2.45. The van der Waals surface area contributed by atoms with Gasteiger partial charge in [0.2, 0.25) is 0 Å². The predicted octanol–water partition coefficient (Wildman–Crippen LogP) is 10.8. The fourth-order valence-corrected chi connectivity index (χ4v) is 12.3. The van der Waals surface area contributed by atoms with Gasteiger partial charge in [0.05, 0.1) is 62.4 Å². The van der Waals surface area contributed by atoms with Gasteiger partial charge in [-0.05, 0) is 109 Å². The topological polar surface area (TPSA) is 197 Å². The molecule has 4 aromatic carbocycles. The molecule has 414 valence electrons. The summed E-state index contributed by atoms with van der Waals surface area (Å²) in [6.07, 6.45) is 4.63. The number of likely N-dealkylation sites (tertiary alicyclic amines) is 2. The summed E-state index contributed by atoms with van der Waals surface area (Å²) in [4.78, 5) is 69.2. The number of hydrogen-bond acceptors (Lipinski definition) is 15. The van der Waals surface area contributed by atoms with Gasteiger partial charge in [-0.3, -0.25) is 24.8 Å². The van der Waals surface area contributed by atoms with Crippen molar-refractivity contribution < 1.29 is 47.6 Å². The lowest BCUT2D eigenvalue weighted by Crippen LogP contribution is -2.51. The summed E-state index contributed by atoms with van der Waals surface area (Å²) in [5.74, 6) is 0.515. The minimum atomic E-state index is -0.724. The number of carbonyl (C=O) groups is 4. The first-order valence-corrected chi connectivity index (χ1v) is 28.7. The van der Waals surface area contributed by atoms with Crippen molar-refractivity contribution in [2.24, 2.45) is 4.99 Å². The number of benzene rings is 4. The van der Waals surface area contributed by atoms with Gasteiger partial charge in [-0.25, -0.2) is 14.6 Å². The van der Waals surface area contributed by atoms with E-state index in [4.69, 9.17) is 34.2 Å². The number of rotatable bonds is 21. The highest BCUT2D eigenvalue weighted by atomic mass is 33.1. The fraction of sp³-hybridized carbons (Fsp3) is 0.367. The molecule has 3 fully saturated rings. The molecule has 1 aliphatic carbocycles. The van der Waals surface area contributed by atoms with E-state index in [0.29, 0.717) is 88.0 Å². The first-order chi connectivity index (χ1) is 38.3. The highest BCUT2D eigenvalue weighted by molar-refractivity contribution is 8.76. The van der Waals surface area contributed by atoms with Crippen LogP contribution in [0.15, 0.2) is 132 Å². The molecule has 3 aliphatic heterocycles. The molecule has 0 radical (unpaired) electrons. The zero-order chi connectivity index (χ0) is 55.6. The van der Waals surface area contributed by atoms with E-state index in [2.05, 4.69) is 52.7 Å². The van der Waals surface area contributed by atoms with Gasteiger partial charge in [0, 0.05) is 61.5 Å². The molecule has 3 N–H and O–H groups in total. The zero-order valence-corrected chi connectivity index (χ0v) is 46.7. The van der Waals surface area contributed by atoms with Gasteiger partial charge in [0.1, 0.15) is 24.0 Å². The Morgan fingerprint density at radius 3 is 2.23 bits per heavy atom. The second-order valence-electron chi connectivity index (χ2n) is 20.0. The van der Waals surface area contributed by atoms with Crippen molar-refractivity contribution >= 4 is 63.2 Å². The van der Waals surface area contributed by atoms with Crippen LogP contribution in [-0.2, 0) is 14.2 Å². The monoisotopic (exact) mass is 1110 g/mol. The van der Waals surface area contributed by atoms with Crippen LogP contribution in [0.3, 0.4) is 0 Å². The maximum Gasteiger partial charge on any atom is 0.412 e. The van der Waals surface area contributed by atoms with E-state index in [9.17, 15) is 19.2 Å². The van der Waals surface area contributed by atoms with Crippen LogP contribution in [0.2, 0.25) is 0 Å². The van der Waals surface area contributed by atoms with Crippen LogP contribution in [0.4, 0.5) is 21.0 Å². The van der Waals surface area contributed by atoms with Crippen LogP contribution in [0.1, 0.15) is 82.4 Å². The lowest BCUT2D eigenvalue weighted by molar-refractivity contribution is -0.0210. The van der Waals surface area contributed by atoms with Crippen LogP contribution < -0.4 is 25.3 Å². The highest BCUT2D eigenvalue weighted by Crippen LogP contribution is 2.45. The number of fused-ring (bicyclic) bond motifs is 3. The SMILES string of the molecule is C=C1C[C@@H](C=NC)N(C(=O)c2cc(OC)c(OCCCCCOc3cc(N)c(C(=O)N4CC(=C)C[C@H]4C4OCCN4C(=O)OCC4c5ccccc5-c5ccccc54)cc3C)cc2NC(=O)OCC(C)SSc2ccccn2)C1. The third-order valence-electron chi connectivity index (χ3n) is 14.3. The summed E-state index contributed by atoms with van der Waals surface area (Å²) in [5, 5.41) is 3.58. The fourth-order valence-electron chi connectivity index (χ4n) is 10.4. The molecular weight excluding hydrogens is 1040 g/mol. The van der Waals surface area contributed by atoms with E-state index >= 15 is 0 Å². The molecule has 0 spiro atoms. The van der Waals surface area contributed by atoms with E-state index in [0.717, 1.165) is 50.4 Å². The number of unbranched alkanes of at least 4 members (excludes halogenated alkanes) is 2. The minimum Gasteiger partial charge on any atom is -0.493 e. The average molecular weight is 1110 g/mol. The normalized spacial score (nSPS) is 18.2. The van der Waals surface area contributed by atoms with Gasteiger partial charge in [-0.15, -0.1) is 0 Å². The number of anilines is 2. The molecule has 79 heavy (non-hydrogen) atoms. The third-order valence-corrected chi connectivity index (χ3v) is 17.1. The van der Waals surface area contributed by atoms with Crippen LogP contribution >= 0.6 is 21.6 Å². The number of aryl methyl sites for hydroxylation is 1. The number of aliphatic imine (C=N–C) groups is 1. The Balaban J connectivity index is 0.775. The quantitative estimate of drug-likeness (QED) is 0.0231. The van der Waals surface area contributed by atoms with Crippen LogP contribution in [-0.4, -0.2) is 140 Å². The van der Waals surface area contributed by atoms with Crippen LogP contribution in [0.5, 0.6) is 17.2 Å². The summed E-state index contributed by atoms with van der Waals surface area (Å²) in [5.41, 5.74) is 14.6. The summed E-state index contributed by atoms with van der Waals surface area (Å²) in [6, 6.07) is 27.9. The molecule has 4 heterocycles. The Labute approximate surface area is 469 Å². The average Bonchev–Trinajstić information content (AvgIpc) is 4.27. The Morgan fingerprint density at radius 1 is 0.835 bits per heavy atom. The Kier molecular flexibility index (Phi) is 18.5. The van der Waals surface area contributed by atoms with Gasteiger partial charge < -0.3 is 44.0 Å². The van der Waals surface area contributed by atoms with Crippen molar-refractivity contribution in [1.29, 1.82) is 0 Å². The van der Waals surface area contributed by atoms with Gasteiger partial charge in [-0.1, -0.05) is 89.7 Å². The number of nitrogens with zero attached hydrogens (tertiary/aromatic N) is 5. The molecular formula is C60H67N7O10S2. The second kappa shape index (κ2) is 26.0. The Morgan fingerprint density at radius 2 is 1.52 bits per heavy atom. The van der Waals surface area contributed by atoms with E-state index in [1.165, 1.54) is 28.7 Å². The number of amides is 4. The lowest BCUT2D eigenvalue weighted by atomic mass is 9.98. The summed E-state index contributed by atoms with van der Waals surface area (Å²) >= 11 is 0. The van der Waals surface area contributed by atoms with Crippen molar-refractivity contribution in [2.75, 3.05) is 77.9 Å². The molecule has 4 atom stereocenters. The molecule has 2 unspecified atom stereocenters. The van der Waals surface area contributed by atoms with Crippen molar-refractivity contribution in [1.82, 2.24) is 19.7 Å². The molecule has 4 amide bonds. The van der Waals surface area contributed by atoms with Crippen LogP contribution in [0.25, 0.3) is 11.1 Å². The van der Waals surface area contributed by atoms with Crippen molar-refractivity contribution in [2.45, 2.75) is 80.5 Å². The number of carbonyl (C=O) groups excluding carboxylic acids is 4. The third kappa shape index (κ3) is 13.2. The summed E-state index contributed by atoms with van der Waals surface area (Å²) < 4.78 is 36.0. The molecule has 9 rings (SSSR count). The van der Waals surface area contributed by atoms with Crippen LogP contribution in [0, 0.1) is 6.92 Å². The van der Waals surface area contributed by atoms with E-state index in [-0.39, 0.29) is 59.2 Å². The number of hydrogen-bond donors (Lipinski definition) is 2. The molecule has 3 saturated heterocycles. The van der Waals surface area contributed by atoms with Gasteiger partial charge in [0.25, 0.3) is 11.8 Å². The molecule has 5 aromatic rings. The van der Waals surface area contributed by atoms with Gasteiger partial charge in [-0.2, -0.15) is 0 Å². The maximum absolute atomic E-state index is 14.4. The number of ether oxygens (including phenoxy) is 6. The first kappa shape index (κ1) is 56.2. The summed E-state index contributed by atoms with van der Waals surface area (Å²) in [6.45, 7) is 14.4. The summed E-state index contributed by atoms with van der Waals surface area (Å²) in [7, 11) is 6.18. The van der Waals surface area contributed by atoms with E-state index < -0.39 is 24.5 Å². The molecule has 4 aliphatic rings. The lowest BCUT2D eigenvalue weighted by Gasteiger charge is -2.33. The van der Waals surface area contributed by atoms with Crippen molar-refractivity contribution in [3.05, 3.63) is 149 Å². The molecule has 17 nitrogen and oxygen atoms in total. The molecule has 1 aromatic heterocycles.